The summed E-state index contributed by atoms with van der Waals surface area (Å²) in [6.07, 6.45) is 1.70. The lowest BCUT2D eigenvalue weighted by Gasteiger charge is -2.12. The highest BCUT2D eigenvalue weighted by atomic mass is 16.5. The Morgan fingerprint density at radius 3 is 2.68 bits per heavy atom. The maximum Gasteiger partial charge on any atom is 0.335 e. The SMILES string of the molecule is COc1cc(C(=O)O)cc(-c2ccnn2C(C)C)c1. The Balaban J connectivity index is 2.58. The minimum Gasteiger partial charge on any atom is -0.497 e. The molecule has 1 heterocycles. The van der Waals surface area contributed by atoms with Crippen molar-refractivity contribution in [3.63, 3.8) is 0 Å². The van der Waals surface area contributed by atoms with Crippen molar-refractivity contribution in [1.82, 2.24) is 9.78 Å². The predicted octanol–water partition coefficient (Wildman–Crippen LogP) is 2.84. The van der Waals surface area contributed by atoms with Crippen LogP contribution in [0.1, 0.15) is 30.2 Å². The molecule has 1 aromatic carbocycles. The number of rotatable bonds is 4. The number of carbonyl (C=O) groups is 1. The second kappa shape index (κ2) is 5.14. The zero-order valence-electron chi connectivity index (χ0n) is 11.1. The molecule has 0 saturated heterocycles. The summed E-state index contributed by atoms with van der Waals surface area (Å²) in [4.78, 5) is 11.1. The maximum atomic E-state index is 11.1. The first-order valence-corrected chi connectivity index (χ1v) is 5.99. The molecule has 2 aromatic rings. The lowest BCUT2D eigenvalue weighted by atomic mass is 10.1. The zero-order chi connectivity index (χ0) is 14.0. The van der Waals surface area contributed by atoms with Crippen molar-refractivity contribution < 1.29 is 14.6 Å². The van der Waals surface area contributed by atoms with Gasteiger partial charge in [-0.1, -0.05) is 0 Å². The van der Waals surface area contributed by atoms with Gasteiger partial charge in [0.05, 0.1) is 18.4 Å². The summed E-state index contributed by atoms with van der Waals surface area (Å²) in [5.74, 6) is -0.456. The number of ether oxygens (including phenoxy) is 1. The van der Waals surface area contributed by atoms with Crippen LogP contribution in [0.2, 0.25) is 0 Å². The van der Waals surface area contributed by atoms with Crippen molar-refractivity contribution in [2.45, 2.75) is 19.9 Å². The molecule has 0 unspecified atom stereocenters. The van der Waals surface area contributed by atoms with E-state index in [1.165, 1.54) is 13.2 Å². The van der Waals surface area contributed by atoms with E-state index in [0.717, 1.165) is 11.3 Å². The molecule has 1 N–H and O–H groups in total. The standard InChI is InChI=1S/C14H16N2O3/c1-9(2)16-13(4-5-15-16)10-6-11(14(17)18)8-12(7-10)19-3/h4-9H,1-3H3,(H,17,18). The minimum absolute atomic E-state index is 0.199. The van der Waals surface area contributed by atoms with Crippen LogP contribution >= 0.6 is 0 Å². The van der Waals surface area contributed by atoms with Crippen LogP contribution in [0, 0.1) is 0 Å². The first-order valence-electron chi connectivity index (χ1n) is 5.99. The Morgan fingerprint density at radius 2 is 2.11 bits per heavy atom. The summed E-state index contributed by atoms with van der Waals surface area (Å²) in [6, 6.07) is 7.00. The van der Waals surface area contributed by atoms with Gasteiger partial charge >= 0.3 is 5.97 Å². The van der Waals surface area contributed by atoms with Gasteiger partial charge in [0.25, 0.3) is 0 Å². The Hall–Kier alpha value is -2.30. The number of carboxylic acids is 1. The van der Waals surface area contributed by atoms with Crippen LogP contribution in [0.3, 0.4) is 0 Å². The average molecular weight is 260 g/mol. The van der Waals surface area contributed by atoms with E-state index < -0.39 is 5.97 Å². The van der Waals surface area contributed by atoms with Gasteiger partial charge in [-0.2, -0.15) is 5.10 Å². The molecule has 0 fully saturated rings. The Labute approximate surface area is 111 Å². The van der Waals surface area contributed by atoms with E-state index in [1.807, 2.05) is 30.7 Å². The minimum atomic E-state index is -0.976. The lowest BCUT2D eigenvalue weighted by molar-refractivity contribution is 0.0696. The fourth-order valence-electron chi connectivity index (χ4n) is 1.94. The van der Waals surface area contributed by atoms with Gasteiger partial charge < -0.3 is 9.84 Å². The number of aromatic carboxylic acids is 1. The molecule has 1 aromatic heterocycles. The number of hydrogen-bond donors (Lipinski definition) is 1. The summed E-state index contributed by atoms with van der Waals surface area (Å²) in [6.45, 7) is 4.05. The fraction of sp³-hybridized carbons (Fsp3) is 0.286. The second-order valence-electron chi connectivity index (χ2n) is 4.51. The first kappa shape index (κ1) is 13.1. The van der Waals surface area contributed by atoms with E-state index in [2.05, 4.69) is 5.10 Å². The molecular formula is C14H16N2O3. The van der Waals surface area contributed by atoms with Crippen molar-refractivity contribution >= 4 is 5.97 Å². The number of methoxy groups -OCH3 is 1. The van der Waals surface area contributed by atoms with Crippen LogP contribution < -0.4 is 4.74 Å². The van der Waals surface area contributed by atoms with Gasteiger partial charge in [-0.25, -0.2) is 4.79 Å². The Kier molecular flexibility index (Phi) is 3.55. The molecule has 5 heteroatoms. The predicted molar refractivity (Wildman–Crippen MR) is 71.6 cm³/mol. The van der Waals surface area contributed by atoms with Gasteiger partial charge in [0, 0.05) is 17.8 Å². The monoisotopic (exact) mass is 260 g/mol. The van der Waals surface area contributed by atoms with Crippen LogP contribution in [0.25, 0.3) is 11.3 Å². The fourth-order valence-corrected chi connectivity index (χ4v) is 1.94. The zero-order valence-corrected chi connectivity index (χ0v) is 11.1. The highest BCUT2D eigenvalue weighted by Crippen LogP contribution is 2.27. The van der Waals surface area contributed by atoms with Gasteiger partial charge in [0.1, 0.15) is 5.75 Å². The largest absolute Gasteiger partial charge is 0.497 e. The van der Waals surface area contributed by atoms with E-state index in [0.29, 0.717) is 5.75 Å². The van der Waals surface area contributed by atoms with Gasteiger partial charge in [-0.3, -0.25) is 4.68 Å². The number of aromatic nitrogens is 2. The van der Waals surface area contributed by atoms with Gasteiger partial charge in [-0.15, -0.1) is 0 Å². The molecule has 2 rings (SSSR count). The van der Waals surface area contributed by atoms with E-state index in [9.17, 15) is 4.79 Å². The Bertz CT molecular complexity index is 602. The molecular weight excluding hydrogens is 244 g/mol. The third-order valence-electron chi connectivity index (χ3n) is 2.84. The number of hydrogen-bond acceptors (Lipinski definition) is 3. The summed E-state index contributed by atoms with van der Waals surface area (Å²) < 4.78 is 7.00. The van der Waals surface area contributed by atoms with E-state index in [1.54, 1.807) is 12.3 Å². The number of benzene rings is 1. The maximum absolute atomic E-state index is 11.1. The molecule has 0 amide bonds. The summed E-state index contributed by atoms with van der Waals surface area (Å²) in [7, 11) is 1.52. The first-order chi connectivity index (χ1) is 9.02. The molecule has 0 aliphatic heterocycles. The highest BCUT2D eigenvalue weighted by Gasteiger charge is 2.13. The molecule has 0 radical (unpaired) electrons. The molecule has 19 heavy (non-hydrogen) atoms. The third kappa shape index (κ3) is 2.59. The third-order valence-corrected chi connectivity index (χ3v) is 2.84. The number of nitrogens with zero attached hydrogens (tertiary/aromatic N) is 2. The number of carboxylic acid groups (broad SMARTS) is 1. The molecule has 0 atom stereocenters. The Morgan fingerprint density at radius 1 is 1.37 bits per heavy atom. The molecule has 100 valence electrons. The van der Waals surface area contributed by atoms with Crippen molar-refractivity contribution in [3.05, 3.63) is 36.0 Å². The second-order valence-corrected chi connectivity index (χ2v) is 4.51. The highest BCUT2D eigenvalue weighted by molar-refractivity contribution is 5.90. The molecule has 0 aliphatic carbocycles. The van der Waals surface area contributed by atoms with E-state index in [-0.39, 0.29) is 11.6 Å². The van der Waals surface area contributed by atoms with Crippen molar-refractivity contribution in [1.29, 1.82) is 0 Å². The van der Waals surface area contributed by atoms with Crippen LogP contribution in [-0.2, 0) is 0 Å². The normalized spacial score (nSPS) is 10.7. The van der Waals surface area contributed by atoms with E-state index in [4.69, 9.17) is 9.84 Å². The van der Waals surface area contributed by atoms with Crippen LogP contribution in [0.4, 0.5) is 0 Å². The quantitative estimate of drug-likeness (QED) is 0.918. The molecule has 0 aliphatic rings. The molecule has 0 bridgehead atoms. The molecule has 0 saturated carbocycles. The van der Waals surface area contributed by atoms with Crippen molar-refractivity contribution in [2.75, 3.05) is 7.11 Å². The van der Waals surface area contributed by atoms with Crippen LogP contribution in [-0.4, -0.2) is 28.0 Å². The van der Waals surface area contributed by atoms with Gasteiger partial charge in [0.15, 0.2) is 0 Å². The summed E-state index contributed by atoms with van der Waals surface area (Å²) in [5.41, 5.74) is 1.85. The smallest absolute Gasteiger partial charge is 0.335 e. The van der Waals surface area contributed by atoms with Crippen molar-refractivity contribution in [2.24, 2.45) is 0 Å². The summed E-state index contributed by atoms with van der Waals surface area (Å²) in [5, 5.41) is 13.4. The van der Waals surface area contributed by atoms with Gasteiger partial charge in [0.2, 0.25) is 0 Å². The van der Waals surface area contributed by atoms with Crippen molar-refractivity contribution in [3.8, 4) is 17.0 Å². The lowest BCUT2D eigenvalue weighted by Crippen LogP contribution is -2.05. The summed E-state index contributed by atoms with van der Waals surface area (Å²) >= 11 is 0. The van der Waals surface area contributed by atoms with Crippen LogP contribution in [0.15, 0.2) is 30.5 Å². The molecule has 0 spiro atoms. The van der Waals surface area contributed by atoms with Crippen LogP contribution in [0.5, 0.6) is 5.75 Å². The van der Waals surface area contributed by atoms with E-state index >= 15 is 0 Å². The molecule has 5 nitrogen and oxygen atoms in total. The van der Waals surface area contributed by atoms with Gasteiger partial charge in [-0.05, 0) is 38.1 Å². The average Bonchev–Trinajstić information content (AvgIpc) is 2.87. The topological polar surface area (TPSA) is 64.3 Å².